The van der Waals surface area contributed by atoms with Crippen LogP contribution in [0.5, 0.6) is 0 Å². The van der Waals surface area contributed by atoms with Crippen molar-refractivity contribution < 1.29 is 9.59 Å². The Morgan fingerprint density at radius 2 is 2.06 bits per heavy atom. The fraction of sp³-hybridized carbons (Fsp3) is 0.500. The van der Waals surface area contributed by atoms with Gasteiger partial charge in [-0.05, 0) is 39.3 Å². The monoisotopic (exact) mass is 269 g/mol. The number of hydrogen-bond donors (Lipinski definition) is 3. The fourth-order valence-electron chi connectivity index (χ4n) is 1.69. The number of imide groups is 1. The van der Waals surface area contributed by atoms with Crippen LogP contribution in [0.15, 0.2) is 12.1 Å². The number of nitrogens with one attached hydrogen (secondary N) is 2. The van der Waals surface area contributed by atoms with Crippen molar-refractivity contribution in [2.75, 3.05) is 0 Å². The van der Waals surface area contributed by atoms with Gasteiger partial charge in [0.25, 0.3) is 0 Å². The molecule has 5 nitrogen and oxygen atoms in total. The van der Waals surface area contributed by atoms with Crippen LogP contribution in [0.2, 0.25) is 0 Å². The SMILES string of the molecule is Cc1ccc(CC(C)NC(C)C(=O)NC(N)=O)s1. The van der Waals surface area contributed by atoms with Crippen LogP contribution in [0.4, 0.5) is 4.79 Å². The lowest BCUT2D eigenvalue weighted by molar-refractivity contribution is -0.121. The Morgan fingerprint density at radius 1 is 1.39 bits per heavy atom. The normalized spacial score (nSPS) is 13.9. The number of primary amides is 1. The first-order chi connectivity index (χ1) is 8.38. The minimum Gasteiger partial charge on any atom is -0.351 e. The van der Waals surface area contributed by atoms with Crippen molar-refractivity contribution in [3.63, 3.8) is 0 Å². The van der Waals surface area contributed by atoms with Crippen LogP contribution in [0.3, 0.4) is 0 Å². The molecule has 0 saturated heterocycles. The second-order valence-corrected chi connectivity index (χ2v) is 5.73. The summed E-state index contributed by atoms with van der Waals surface area (Å²) in [5, 5.41) is 5.19. The number of carbonyl (C=O) groups is 2. The standard InChI is InChI=1S/C12H19N3O2S/c1-7(6-10-5-4-8(2)18-10)14-9(3)11(16)15-12(13)17/h4-5,7,9,14H,6H2,1-3H3,(H3,13,15,16,17). The van der Waals surface area contributed by atoms with E-state index in [2.05, 4.69) is 29.7 Å². The largest absolute Gasteiger partial charge is 0.351 e. The maximum Gasteiger partial charge on any atom is 0.318 e. The van der Waals surface area contributed by atoms with Gasteiger partial charge in [-0.2, -0.15) is 0 Å². The second-order valence-electron chi connectivity index (χ2n) is 4.36. The van der Waals surface area contributed by atoms with Crippen LogP contribution in [0, 0.1) is 6.92 Å². The lowest BCUT2D eigenvalue weighted by atomic mass is 10.2. The molecule has 1 rings (SSSR count). The van der Waals surface area contributed by atoms with Crippen molar-refractivity contribution in [3.05, 3.63) is 21.9 Å². The lowest BCUT2D eigenvalue weighted by Gasteiger charge is -2.18. The molecule has 100 valence electrons. The summed E-state index contributed by atoms with van der Waals surface area (Å²) in [5.74, 6) is -0.406. The van der Waals surface area contributed by atoms with Crippen LogP contribution in [0.25, 0.3) is 0 Å². The highest BCUT2D eigenvalue weighted by Gasteiger charge is 2.16. The zero-order valence-electron chi connectivity index (χ0n) is 10.8. The van der Waals surface area contributed by atoms with Gasteiger partial charge in [0, 0.05) is 15.8 Å². The summed E-state index contributed by atoms with van der Waals surface area (Å²) in [7, 11) is 0. The molecular formula is C12H19N3O2S. The van der Waals surface area contributed by atoms with Crippen molar-refractivity contribution in [2.45, 2.75) is 39.3 Å². The van der Waals surface area contributed by atoms with E-state index in [-0.39, 0.29) is 6.04 Å². The van der Waals surface area contributed by atoms with Gasteiger partial charge in [0.2, 0.25) is 5.91 Å². The Labute approximate surface area is 111 Å². The number of nitrogens with two attached hydrogens (primary N) is 1. The maximum atomic E-state index is 11.5. The summed E-state index contributed by atoms with van der Waals surface area (Å²) in [4.78, 5) is 24.6. The molecule has 0 aliphatic heterocycles. The molecule has 0 radical (unpaired) electrons. The summed E-state index contributed by atoms with van der Waals surface area (Å²) in [5.41, 5.74) is 4.89. The Morgan fingerprint density at radius 3 is 2.56 bits per heavy atom. The van der Waals surface area contributed by atoms with E-state index in [0.29, 0.717) is 0 Å². The van der Waals surface area contributed by atoms with E-state index < -0.39 is 18.0 Å². The third-order valence-corrected chi connectivity index (χ3v) is 3.50. The molecule has 0 fully saturated rings. The van der Waals surface area contributed by atoms with E-state index >= 15 is 0 Å². The summed E-state index contributed by atoms with van der Waals surface area (Å²) in [6.07, 6.45) is 0.854. The molecule has 1 heterocycles. The number of thiophene rings is 1. The van der Waals surface area contributed by atoms with Gasteiger partial charge < -0.3 is 11.1 Å². The van der Waals surface area contributed by atoms with Crippen LogP contribution >= 0.6 is 11.3 Å². The average Bonchev–Trinajstić information content (AvgIpc) is 2.62. The first kappa shape index (κ1) is 14.7. The van der Waals surface area contributed by atoms with Crippen molar-refractivity contribution in [1.82, 2.24) is 10.6 Å². The van der Waals surface area contributed by atoms with Crippen molar-refractivity contribution in [1.29, 1.82) is 0 Å². The van der Waals surface area contributed by atoms with Crippen molar-refractivity contribution in [2.24, 2.45) is 5.73 Å². The average molecular weight is 269 g/mol. The smallest absolute Gasteiger partial charge is 0.318 e. The van der Waals surface area contributed by atoms with Gasteiger partial charge in [-0.1, -0.05) is 0 Å². The van der Waals surface area contributed by atoms with E-state index in [1.165, 1.54) is 9.75 Å². The number of urea groups is 1. The molecule has 1 aromatic heterocycles. The fourth-order valence-corrected chi connectivity index (χ4v) is 2.71. The van der Waals surface area contributed by atoms with Gasteiger partial charge >= 0.3 is 6.03 Å². The molecule has 2 atom stereocenters. The van der Waals surface area contributed by atoms with Crippen molar-refractivity contribution in [3.8, 4) is 0 Å². The van der Waals surface area contributed by atoms with E-state index in [1.807, 2.05) is 6.92 Å². The first-order valence-electron chi connectivity index (χ1n) is 5.80. The highest BCUT2D eigenvalue weighted by molar-refractivity contribution is 7.11. The summed E-state index contributed by atoms with van der Waals surface area (Å²) in [6, 6.07) is 3.04. The number of carbonyl (C=O) groups excluding carboxylic acids is 2. The van der Waals surface area contributed by atoms with Gasteiger partial charge in [-0.15, -0.1) is 11.3 Å². The Hall–Kier alpha value is -1.40. The van der Waals surface area contributed by atoms with Gasteiger partial charge in [-0.25, -0.2) is 4.79 Å². The lowest BCUT2D eigenvalue weighted by Crippen LogP contribution is -2.49. The van der Waals surface area contributed by atoms with Crippen LogP contribution < -0.4 is 16.4 Å². The highest BCUT2D eigenvalue weighted by Crippen LogP contribution is 2.16. The molecule has 0 aliphatic rings. The molecule has 3 amide bonds. The third kappa shape index (κ3) is 4.85. The van der Waals surface area contributed by atoms with E-state index in [9.17, 15) is 9.59 Å². The van der Waals surface area contributed by atoms with E-state index in [4.69, 9.17) is 5.73 Å². The van der Waals surface area contributed by atoms with Gasteiger partial charge in [0.1, 0.15) is 0 Å². The molecule has 6 heteroatoms. The summed E-state index contributed by atoms with van der Waals surface area (Å²) in [6.45, 7) is 5.77. The van der Waals surface area contributed by atoms with Gasteiger partial charge in [0.05, 0.1) is 6.04 Å². The molecule has 0 aromatic carbocycles. The minimum atomic E-state index is -0.824. The molecule has 2 unspecified atom stereocenters. The Balaban J connectivity index is 2.41. The predicted octanol–water partition coefficient (Wildman–Crippen LogP) is 1.16. The van der Waals surface area contributed by atoms with E-state index in [1.54, 1.807) is 18.3 Å². The van der Waals surface area contributed by atoms with Crippen LogP contribution in [0.1, 0.15) is 23.6 Å². The first-order valence-corrected chi connectivity index (χ1v) is 6.61. The molecule has 0 aliphatic carbocycles. The van der Waals surface area contributed by atoms with E-state index in [0.717, 1.165) is 6.42 Å². The van der Waals surface area contributed by atoms with Crippen LogP contribution in [-0.4, -0.2) is 24.0 Å². The number of amides is 3. The van der Waals surface area contributed by atoms with Crippen molar-refractivity contribution >= 4 is 23.3 Å². The van der Waals surface area contributed by atoms with Gasteiger partial charge in [-0.3, -0.25) is 10.1 Å². The van der Waals surface area contributed by atoms with Crippen LogP contribution in [-0.2, 0) is 11.2 Å². The Kier molecular flexibility index (Phi) is 5.30. The number of hydrogen-bond acceptors (Lipinski definition) is 4. The van der Waals surface area contributed by atoms with Gasteiger partial charge in [0.15, 0.2) is 0 Å². The summed E-state index contributed by atoms with van der Waals surface area (Å²) < 4.78 is 0. The zero-order valence-corrected chi connectivity index (χ0v) is 11.6. The second kappa shape index (κ2) is 6.51. The molecule has 4 N–H and O–H groups in total. The molecule has 0 saturated carbocycles. The minimum absolute atomic E-state index is 0.150. The molecule has 18 heavy (non-hydrogen) atoms. The molecule has 0 spiro atoms. The zero-order chi connectivity index (χ0) is 13.7. The summed E-state index contributed by atoms with van der Waals surface area (Å²) >= 11 is 1.75. The Bertz CT molecular complexity index is 431. The number of aryl methyl sites for hydroxylation is 1. The molecule has 0 bridgehead atoms. The molecule has 1 aromatic rings. The third-order valence-electron chi connectivity index (χ3n) is 2.48. The number of rotatable bonds is 5. The maximum absolute atomic E-state index is 11.5. The predicted molar refractivity (Wildman–Crippen MR) is 72.5 cm³/mol. The quantitative estimate of drug-likeness (QED) is 0.750. The molecular weight excluding hydrogens is 250 g/mol. The highest BCUT2D eigenvalue weighted by atomic mass is 32.1. The topological polar surface area (TPSA) is 84.2 Å².